The van der Waals surface area contributed by atoms with Crippen LogP contribution in [0.3, 0.4) is 0 Å². The van der Waals surface area contributed by atoms with Crippen LogP contribution in [0.2, 0.25) is 5.02 Å². The van der Waals surface area contributed by atoms with Crippen molar-refractivity contribution in [1.82, 2.24) is 0 Å². The van der Waals surface area contributed by atoms with Crippen molar-refractivity contribution in [1.29, 1.82) is 0 Å². The third-order valence-electron chi connectivity index (χ3n) is 2.14. The van der Waals surface area contributed by atoms with Crippen molar-refractivity contribution >= 4 is 39.1 Å². The number of aryl methyl sites for hydroxylation is 1. The third kappa shape index (κ3) is 2.90. The molecule has 2 rings (SSSR count). The zero-order valence-electron chi connectivity index (χ0n) is 8.96. The van der Waals surface area contributed by atoms with Gasteiger partial charge < -0.3 is 9.73 Å². The van der Waals surface area contributed by atoms with E-state index in [1.165, 1.54) is 0 Å². The maximum Gasteiger partial charge on any atom is 0.291 e. The molecular formula is C12H9BrClNO2. The molecule has 1 heterocycles. The first-order chi connectivity index (χ1) is 8.06. The van der Waals surface area contributed by atoms with Crippen LogP contribution >= 0.6 is 27.5 Å². The number of carbonyl (C=O) groups is 1. The van der Waals surface area contributed by atoms with Crippen molar-refractivity contribution in [2.45, 2.75) is 6.92 Å². The zero-order chi connectivity index (χ0) is 12.4. The van der Waals surface area contributed by atoms with E-state index in [4.69, 9.17) is 16.0 Å². The molecule has 0 aliphatic carbocycles. The molecule has 3 nitrogen and oxygen atoms in total. The molecule has 0 saturated carbocycles. The Morgan fingerprint density at radius 1 is 1.35 bits per heavy atom. The fourth-order valence-corrected chi connectivity index (χ4v) is 2.11. The monoisotopic (exact) mass is 313 g/mol. The van der Waals surface area contributed by atoms with Gasteiger partial charge >= 0.3 is 0 Å². The number of anilines is 1. The van der Waals surface area contributed by atoms with Crippen molar-refractivity contribution in [2.24, 2.45) is 0 Å². The quantitative estimate of drug-likeness (QED) is 0.900. The molecule has 88 valence electrons. The first-order valence-corrected chi connectivity index (χ1v) is 6.06. The molecular weight excluding hydrogens is 305 g/mol. The summed E-state index contributed by atoms with van der Waals surface area (Å²) in [6, 6.07) is 8.51. The van der Waals surface area contributed by atoms with Crippen LogP contribution < -0.4 is 5.32 Å². The molecule has 0 aliphatic rings. The molecule has 1 N–H and O–H groups in total. The molecule has 0 aliphatic heterocycles. The van der Waals surface area contributed by atoms with Gasteiger partial charge in [0.25, 0.3) is 5.91 Å². The summed E-state index contributed by atoms with van der Waals surface area (Å²) in [6.45, 7) is 1.79. The molecule has 0 radical (unpaired) electrons. The highest BCUT2D eigenvalue weighted by molar-refractivity contribution is 9.10. The first-order valence-electron chi connectivity index (χ1n) is 4.89. The predicted molar refractivity (Wildman–Crippen MR) is 70.6 cm³/mol. The lowest BCUT2D eigenvalue weighted by Gasteiger charge is -2.05. The fourth-order valence-electron chi connectivity index (χ4n) is 1.33. The third-order valence-corrected chi connectivity index (χ3v) is 3.03. The lowest BCUT2D eigenvalue weighted by atomic mass is 10.3. The van der Waals surface area contributed by atoms with Crippen molar-refractivity contribution in [3.05, 3.63) is 51.3 Å². The molecule has 1 aromatic heterocycles. The minimum Gasteiger partial charge on any atom is -0.456 e. The SMILES string of the molecule is Cc1ccc(C(=O)Nc2ccc(Cl)cc2Br)o1. The van der Waals surface area contributed by atoms with Crippen LogP contribution in [-0.4, -0.2) is 5.91 Å². The Morgan fingerprint density at radius 3 is 2.71 bits per heavy atom. The predicted octanol–water partition coefficient (Wildman–Crippen LogP) is 4.26. The average molecular weight is 315 g/mol. The molecule has 0 atom stereocenters. The van der Waals surface area contributed by atoms with Gasteiger partial charge in [-0.3, -0.25) is 4.79 Å². The highest BCUT2D eigenvalue weighted by Gasteiger charge is 2.11. The maximum atomic E-state index is 11.8. The smallest absolute Gasteiger partial charge is 0.291 e. The van der Waals surface area contributed by atoms with E-state index in [0.717, 1.165) is 4.47 Å². The Kier molecular flexibility index (Phi) is 3.54. The summed E-state index contributed by atoms with van der Waals surface area (Å²) in [5.41, 5.74) is 0.647. The van der Waals surface area contributed by atoms with E-state index >= 15 is 0 Å². The van der Waals surface area contributed by atoms with Crippen LogP contribution in [0, 0.1) is 6.92 Å². The summed E-state index contributed by atoms with van der Waals surface area (Å²) in [5.74, 6) is 0.691. The minimum absolute atomic E-state index is 0.282. The molecule has 0 bridgehead atoms. The lowest BCUT2D eigenvalue weighted by molar-refractivity contribution is 0.0995. The second-order valence-electron chi connectivity index (χ2n) is 3.49. The van der Waals surface area contributed by atoms with E-state index in [1.807, 2.05) is 0 Å². The van der Waals surface area contributed by atoms with Gasteiger partial charge in [-0.05, 0) is 53.2 Å². The summed E-state index contributed by atoms with van der Waals surface area (Å²) in [5, 5.41) is 3.33. The Bertz CT molecular complexity index is 565. The number of furan rings is 1. The molecule has 0 saturated heterocycles. The highest BCUT2D eigenvalue weighted by atomic mass is 79.9. The van der Waals surface area contributed by atoms with Crippen LogP contribution in [-0.2, 0) is 0 Å². The van der Waals surface area contributed by atoms with Gasteiger partial charge in [0.05, 0.1) is 5.69 Å². The van der Waals surface area contributed by atoms with Gasteiger partial charge in [0.15, 0.2) is 5.76 Å². The van der Waals surface area contributed by atoms with Gasteiger partial charge in [-0.2, -0.15) is 0 Å². The molecule has 17 heavy (non-hydrogen) atoms. The molecule has 0 unspecified atom stereocenters. The minimum atomic E-state index is -0.291. The number of halogens is 2. The molecule has 1 amide bonds. The van der Waals surface area contributed by atoms with Crippen molar-refractivity contribution in [2.75, 3.05) is 5.32 Å². The van der Waals surface area contributed by atoms with E-state index in [2.05, 4.69) is 21.2 Å². The van der Waals surface area contributed by atoms with Crippen LogP contribution in [0.15, 0.2) is 39.2 Å². The number of amides is 1. The number of hydrogen-bond donors (Lipinski definition) is 1. The van der Waals surface area contributed by atoms with Crippen LogP contribution in [0.25, 0.3) is 0 Å². The summed E-state index contributed by atoms with van der Waals surface area (Å²) >= 11 is 9.14. The van der Waals surface area contributed by atoms with E-state index in [0.29, 0.717) is 16.5 Å². The largest absolute Gasteiger partial charge is 0.456 e. The van der Waals surface area contributed by atoms with Crippen molar-refractivity contribution < 1.29 is 9.21 Å². The summed E-state index contributed by atoms with van der Waals surface area (Å²) < 4.78 is 5.95. The normalized spacial score (nSPS) is 10.3. The van der Waals surface area contributed by atoms with E-state index < -0.39 is 0 Å². The maximum absolute atomic E-state index is 11.8. The van der Waals surface area contributed by atoms with Gasteiger partial charge in [0.1, 0.15) is 5.76 Å². The highest BCUT2D eigenvalue weighted by Crippen LogP contribution is 2.26. The van der Waals surface area contributed by atoms with Gasteiger partial charge in [-0.25, -0.2) is 0 Å². The van der Waals surface area contributed by atoms with Crippen molar-refractivity contribution in [3.63, 3.8) is 0 Å². The summed E-state index contributed by atoms with van der Waals surface area (Å²) in [7, 11) is 0. The average Bonchev–Trinajstić information content (AvgIpc) is 2.69. The van der Waals surface area contributed by atoms with Gasteiger partial charge in [-0.15, -0.1) is 0 Å². The van der Waals surface area contributed by atoms with Crippen molar-refractivity contribution in [3.8, 4) is 0 Å². The summed E-state index contributed by atoms with van der Waals surface area (Å²) in [6.07, 6.45) is 0. The molecule has 5 heteroatoms. The molecule has 0 fully saturated rings. The van der Waals surface area contributed by atoms with E-state index in [1.54, 1.807) is 37.3 Å². The Hall–Kier alpha value is -1.26. The van der Waals surface area contributed by atoms with Gasteiger partial charge in [0.2, 0.25) is 0 Å². The fraction of sp³-hybridized carbons (Fsp3) is 0.0833. The number of carbonyl (C=O) groups excluding carboxylic acids is 1. The Morgan fingerprint density at radius 2 is 2.12 bits per heavy atom. The van der Waals surface area contributed by atoms with Crippen LogP contribution in [0.5, 0.6) is 0 Å². The Labute approximate surface area is 112 Å². The van der Waals surface area contributed by atoms with Gasteiger partial charge in [0, 0.05) is 9.50 Å². The number of benzene rings is 1. The van der Waals surface area contributed by atoms with Crippen LogP contribution in [0.1, 0.15) is 16.3 Å². The summed E-state index contributed by atoms with van der Waals surface area (Å²) in [4.78, 5) is 11.8. The standard InChI is InChI=1S/C12H9BrClNO2/c1-7-2-5-11(17-7)12(16)15-10-4-3-8(14)6-9(10)13/h2-6H,1H3,(H,15,16). The topological polar surface area (TPSA) is 42.2 Å². The number of hydrogen-bond acceptors (Lipinski definition) is 2. The second kappa shape index (κ2) is 4.94. The number of rotatable bonds is 2. The van der Waals surface area contributed by atoms with Crippen LogP contribution in [0.4, 0.5) is 5.69 Å². The molecule has 2 aromatic rings. The van der Waals surface area contributed by atoms with Gasteiger partial charge in [-0.1, -0.05) is 11.6 Å². The number of nitrogens with one attached hydrogen (secondary N) is 1. The molecule has 1 aromatic carbocycles. The molecule has 0 spiro atoms. The second-order valence-corrected chi connectivity index (χ2v) is 4.78. The lowest BCUT2D eigenvalue weighted by Crippen LogP contribution is -2.11. The van der Waals surface area contributed by atoms with E-state index in [9.17, 15) is 4.79 Å². The Balaban J connectivity index is 2.18. The first kappa shape index (κ1) is 12.2. The zero-order valence-corrected chi connectivity index (χ0v) is 11.3. The van der Waals surface area contributed by atoms with E-state index in [-0.39, 0.29) is 11.7 Å².